The number of hydrogen-bond donors (Lipinski definition) is 0. The minimum Gasteiger partial charge on any atom is -0.482 e. The van der Waals surface area contributed by atoms with Gasteiger partial charge in [-0.15, -0.1) is 0 Å². The van der Waals surface area contributed by atoms with Gasteiger partial charge in [-0.25, -0.2) is 9.78 Å². The Kier molecular flexibility index (Phi) is 3.50. The Labute approximate surface area is 127 Å². The normalized spacial score (nSPS) is 10.7. The van der Waals surface area contributed by atoms with E-state index in [9.17, 15) is 4.79 Å². The highest BCUT2D eigenvalue weighted by atomic mass is 16.5. The van der Waals surface area contributed by atoms with Crippen LogP contribution < -0.4 is 4.74 Å². The van der Waals surface area contributed by atoms with Crippen LogP contribution in [-0.4, -0.2) is 34.6 Å². The predicted molar refractivity (Wildman–Crippen MR) is 81.1 cm³/mol. The SMILES string of the molecule is COC(=O)c1cc(OC)n2c(C)c(-c3ccccn3)nc2c1. The van der Waals surface area contributed by atoms with Crippen molar-refractivity contribution in [2.45, 2.75) is 6.92 Å². The van der Waals surface area contributed by atoms with E-state index in [4.69, 9.17) is 9.47 Å². The van der Waals surface area contributed by atoms with E-state index < -0.39 is 5.97 Å². The third-order valence-corrected chi connectivity index (χ3v) is 3.46. The first-order chi connectivity index (χ1) is 10.7. The van der Waals surface area contributed by atoms with Crippen molar-refractivity contribution in [3.8, 4) is 17.3 Å². The zero-order valence-electron chi connectivity index (χ0n) is 12.5. The number of methoxy groups -OCH3 is 2. The molecule has 6 heteroatoms. The molecule has 0 atom stereocenters. The van der Waals surface area contributed by atoms with Gasteiger partial charge in [0.15, 0.2) is 5.88 Å². The van der Waals surface area contributed by atoms with Gasteiger partial charge in [-0.3, -0.25) is 9.38 Å². The summed E-state index contributed by atoms with van der Waals surface area (Å²) in [7, 11) is 2.89. The fourth-order valence-electron chi connectivity index (χ4n) is 2.41. The molecule has 0 aliphatic heterocycles. The Balaban J connectivity index is 2.27. The van der Waals surface area contributed by atoms with Gasteiger partial charge in [-0.05, 0) is 25.1 Å². The lowest BCUT2D eigenvalue weighted by Gasteiger charge is -2.08. The molecule has 0 fully saturated rings. The molecule has 3 aromatic rings. The first-order valence-electron chi connectivity index (χ1n) is 6.72. The van der Waals surface area contributed by atoms with E-state index in [0.29, 0.717) is 17.1 Å². The van der Waals surface area contributed by atoms with E-state index in [0.717, 1.165) is 17.1 Å². The highest BCUT2D eigenvalue weighted by Crippen LogP contribution is 2.27. The molecule has 0 N–H and O–H groups in total. The molecule has 6 nitrogen and oxygen atoms in total. The largest absolute Gasteiger partial charge is 0.482 e. The van der Waals surface area contributed by atoms with Crippen LogP contribution in [0.25, 0.3) is 17.0 Å². The number of nitrogens with zero attached hydrogens (tertiary/aromatic N) is 3. The molecule has 3 aromatic heterocycles. The second-order valence-electron chi connectivity index (χ2n) is 4.73. The number of carbonyl (C=O) groups is 1. The average Bonchev–Trinajstić information content (AvgIpc) is 2.91. The number of carbonyl (C=O) groups excluding carboxylic acids is 1. The second-order valence-corrected chi connectivity index (χ2v) is 4.73. The van der Waals surface area contributed by atoms with Crippen LogP contribution in [0.3, 0.4) is 0 Å². The van der Waals surface area contributed by atoms with Crippen molar-refractivity contribution in [1.82, 2.24) is 14.4 Å². The molecule has 112 valence electrons. The van der Waals surface area contributed by atoms with E-state index >= 15 is 0 Å². The standard InChI is InChI=1S/C16H15N3O3/c1-10-15(12-6-4-5-7-17-12)18-13-8-11(16(20)22-3)9-14(21-2)19(10)13/h4-9H,1-3H3. The maximum Gasteiger partial charge on any atom is 0.338 e. The number of imidazole rings is 1. The molecule has 0 aromatic carbocycles. The van der Waals surface area contributed by atoms with Crippen molar-refractivity contribution in [2.24, 2.45) is 0 Å². The van der Waals surface area contributed by atoms with E-state index in [1.165, 1.54) is 7.11 Å². The molecule has 3 heterocycles. The summed E-state index contributed by atoms with van der Waals surface area (Å²) in [5.41, 5.74) is 3.41. The summed E-state index contributed by atoms with van der Waals surface area (Å²) in [6.07, 6.45) is 1.72. The fraction of sp³-hybridized carbons (Fsp3) is 0.188. The summed E-state index contributed by atoms with van der Waals surface area (Å²) in [4.78, 5) is 20.7. The minimum atomic E-state index is -0.430. The van der Waals surface area contributed by atoms with E-state index in [1.54, 1.807) is 25.4 Å². The second kappa shape index (κ2) is 5.48. The van der Waals surface area contributed by atoms with Crippen LogP contribution in [0, 0.1) is 6.92 Å². The summed E-state index contributed by atoms with van der Waals surface area (Å²) in [6, 6.07) is 8.96. The van der Waals surface area contributed by atoms with Gasteiger partial charge < -0.3 is 9.47 Å². The molecule has 0 unspecified atom stereocenters. The smallest absolute Gasteiger partial charge is 0.338 e. The van der Waals surface area contributed by atoms with Crippen LogP contribution in [0.1, 0.15) is 16.1 Å². The summed E-state index contributed by atoms with van der Waals surface area (Å²) >= 11 is 0. The Morgan fingerprint density at radius 3 is 2.68 bits per heavy atom. The molecule has 0 spiro atoms. The Morgan fingerprint density at radius 2 is 2.05 bits per heavy atom. The molecule has 0 radical (unpaired) electrons. The zero-order valence-corrected chi connectivity index (χ0v) is 12.5. The maximum atomic E-state index is 11.8. The predicted octanol–water partition coefficient (Wildman–Crippen LogP) is 2.50. The number of ether oxygens (including phenoxy) is 2. The quantitative estimate of drug-likeness (QED) is 0.695. The van der Waals surface area contributed by atoms with Gasteiger partial charge in [0.05, 0.1) is 31.2 Å². The van der Waals surface area contributed by atoms with E-state index in [2.05, 4.69) is 9.97 Å². The molecule has 0 saturated carbocycles. The molecule has 0 bridgehead atoms. The third kappa shape index (κ3) is 2.18. The van der Waals surface area contributed by atoms with E-state index in [-0.39, 0.29) is 0 Å². The molecule has 0 aliphatic carbocycles. The van der Waals surface area contributed by atoms with Crippen LogP contribution in [-0.2, 0) is 4.74 Å². The van der Waals surface area contributed by atoms with Crippen molar-refractivity contribution in [2.75, 3.05) is 14.2 Å². The van der Waals surface area contributed by atoms with Crippen molar-refractivity contribution in [1.29, 1.82) is 0 Å². The monoisotopic (exact) mass is 297 g/mol. The molecular formula is C16H15N3O3. The molecule has 0 amide bonds. The number of aromatic nitrogens is 3. The molecule has 3 rings (SSSR count). The van der Waals surface area contributed by atoms with Gasteiger partial charge in [0.1, 0.15) is 11.3 Å². The van der Waals surface area contributed by atoms with Crippen LogP contribution >= 0.6 is 0 Å². The average molecular weight is 297 g/mol. The third-order valence-electron chi connectivity index (χ3n) is 3.46. The molecule has 0 aliphatic rings. The van der Waals surface area contributed by atoms with Crippen molar-refractivity contribution < 1.29 is 14.3 Å². The van der Waals surface area contributed by atoms with Crippen LogP contribution in [0.5, 0.6) is 5.88 Å². The summed E-state index contributed by atoms with van der Waals surface area (Å²) in [5.74, 6) is 0.0888. The van der Waals surface area contributed by atoms with Crippen LogP contribution in [0.4, 0.5) is 0 Å². The number of hydrogen-bond acceptors (Lipinski definition) is 5. The number of pyridine rings is 2. The summed E-state index contributed by atoms with van der Waals surface area (Å²) in [6.45, 7) is 1.93. The Morgan fingerprint density at radius 1 is 1.23 bits per heavy atom. The summed E-state index contributed by atoms with van der Waals surface area (Å²) in [5, 5.41) is 0. The van der Waals surface area contributed by atoms with Crippen molar-refractivity contribution in [3.05, 3.63) is 47.8 Å². The molecule has 22 heavy (non-hydrogen) atoms. The van der Waals surface area contributed by atoms with Crippen LogP contribution in [0.15, 0.2) is 36.5 Å². The number of fused-ring (bicyclic) bond motifs is 1. The van der Waals surface area contributed by atoms with Gasteiger partial charge >= 0.3 is 5.97 Å². The first-order valence-corrected chi connectivity index (χ1v) is 6.72. The van der Waals surface area contributed by atoms with Gasteiger partial charge in [0.25, 0.3) is 0 Å². The lowest BCUT2D eigenvalue weighted by molar-refractivity contribution is 0.0600. The van der Waals surface area contributed by atoms with Crippen LogP contribution in [0.2, 0.25) is 0 Å². The first kappa shape index (κ1) is 14.1. The van der Waals surface area contributed by atoms with Crippen molar-refractivity contribution in [3.63, 3.8) is 0 Å². The fourth-order valence-corrected chi connectivity index (χ4v) is 2.41. The topological polar surface area (TPSA) is 65.7 Å². The lowest BCUT2D eigenvalue weighted by Crippen LogP contribution is -2.04. The Bertz CT molecular complexity index is 841. The van der Waals surface area contributed by atoms with Crippen molar-refractivity contribution >= 4 is 11.6 Å². The molecule has 0 saturated heterocycles. The minimum absolute atomic E-state index is 0.393. The highest BCUT2D eigenvalue weighted by Gasteiger charge is 2.17. The number of rotatable bonds is 3. The molecular weight excluding hydrogens is 282 g/mol. The van der Waals surface area contributed by atoms with E-state index in [1.807, 2.05) is 29.5 Å². The Hall–Kier alpha value is -2.89. The highest BCUT2D eigenvalue weighted by molar-refractivity contribution is 5.91. The van der Waals surface area contributed by atoms with Gasteiger partial charge in [0.2, 0.25) is 0 Å². The van der Waals surface area contributed by atoms with Gasteiger partial charge in [0, 0.05) is 12.3 Å². The summed E-state index contributed by atoms with van der Waals surface area (Å²) < 4.78 is 12.0. The van der Waals surface area contributed by atoms with Gasteiger partial charge in [-0.1, -0.05) is 6.07 Å². The number of aryl methyl sites for hydroxylation is 1. The lowest BCUT2D eigenvalue weighted by atomic mass is 10.2. The van der Waals surface area contributed by atoms with Gasteiger partial charge in [-0.2, -0.15) is 0 Å². The number of esters is 1. The zero-order chi connectivity index (χ0) is 15.7. The maximum absolute atomic E-state index is 11.8.